The Kier molecular flexibility index (Phi) is 11.3. The van der Waals surface area contributed by atoms with Crippen molar-refractivity contribution >= 4 is 23.9 Å². The molecule has 0 unspecified atom stereocenters. The molecule has 3 aliphatic heterocycles. The van der Waals surface area contributed by atoms with E-state index < -0.39 is 6.97 Å². The number of nitrogens with zero attached hydrogens (tertiary/aromatic N) is 6. The minimum absolute atomic E-state index is 0.518. The Morgan fingerprint density at radius 2 is 1.21 bits per heavy atom. The first-order valence-corrected chi connectivity index (χ1v) is 18.3. The van der Waals surface area contributed by atoms with Gasteiger partial charge in [0.25, 0.3) is 0 Å². The summed E-state index contributed by atoms with van der Waals surface area (Å²) in [5.74, 6) is 0. The van der Waals surface area contributed by atoms with Crippen molar-refractivity contribution in [2.75, 3.05) is 84.1 Å². The second-order valence-electron chi connectivity index (χ2n) is 13.5. The van der Waals surface area contributed by atoms with Crippen LogP contribution >= 0.6 is 0 Å². The lowest BCUT2D eigenvalue weighted by Gasteiger charge is -2.34. The molecular weight excluding hydrogens is 681 g/mol. The summed E-state index contributed by atoms with van der Waals surface area (Å²) in [6.07, 6.45) is 3.74. The van der Waals surface area contributed by atoms with Gasteiger partial charge in [0.2, 0.25) is 0 Å². The van der Waals surface area contributed by atoms with Crippen LogP contribution in [-0.4, -0.2) is 116 Å². The molecule has 14 heteroatoms. The number of ether oxygens (including phenoxy) is 5. The third-order valence-electron chi connectivity index (χ3n) is 9.88. The van der Waals surface area contributed by atoms with Crippen LogP contribution in [0.3, 0.4) is 0 Å². The van der Waals surface area contributed by atoms with Gasteiger partial charge in [0.15, 0.2) is 5.70 Å². The van der Waals surface area contributed by atoms with Gasteiger partial charge in [-0.15, -0.1) is 5.10 Å². The van der Waals surface area contributed by atoms with E-state index in [4.69, 9.17) is 23.7 Å². The Bertz CT molecular complexity index is 1990. The monoisotopic (exact) mass is 728 g/mol. The zero-order valence-electron chi connectivity index (χ0n) is 30.9. The molecule has 0 amide bonds. The fourth-order valence-electron chi connectivity index (χ4n) is 7.42. The molecule has 53 heavy (non-hydrogen) atoms. The standard InChI is InChI=1S/C39H47BF2N6O5/c1-28-25-30(3)47-38(28)37(39-29(2)26-31(4)48(39)40(47,41)42)33-7-5-32(6-8-33)36-27-46(44-43-36)35-11-9-34(10-12-35)45-13-15-49-17-19-51-21-23-53-24-22-52-20-18-50-16-14-45/h5-12,25-27H,13-24H2,1-4H3. The fourth-order valence-corrected chi connectivity index (χ4v) is 7.42. The molecule has 7 rings (SSSR count). The van der Waals surface area contributed by atoms with Gasteiger partial charge in [-0.1, -0.05) is 29.5 Å². The highest BCUT2D eigenvalue weighted by Crippen LogP contribution is 2.44. The number of aryl methyl sites for hydroxylation is 2. The maximum Gasteiger partial charge on any atom is 0.737 e. The molecule has 0 aliphatic carbocycles. The van der Waals surface area contributed by atoms with Crippen molar-refractivity contribution in [2.24, 2.45) is 0 Å². The zero-order chi connectivity index (χ0) is 37.0. The van der Waals surface area contributed by atoms with Gasteiger partial charge >= 0.3 is 6.97 Å². The third kappa shape index (κ3) is 7.78. The Hall–Kier alpha value is -4.47. The maximum absolute atomic E-state index is 16.1. The minimum atomic E-state index is -4.02. The van der Waals surface area contributed by atoms with Crippen molar-refractivity contribution in [3.05, 3.63) is 101 Å². The summed E-state index contributed by atoms with van der Waals surface area (Å²) in [4.78, 5) is 2.24. The summed E-state index contributed by atoms with van der Waals surface area (Å²) in [6, 6.07) is 17.9. The molecule has 280 valence electrons. The molecule has 0 spiro atoms. The molecule has 0 atom stereocenters. The Balaban J connectivity index is 1.06. The third-order valence-corrected chi connectivity index (χ3v) is 9.88. The van der Waals surface area contributed by atoms with Gasteiger partial charge in [0, 0.05) is 48.6 Å². The molecule has 2 aromatic carbocycles. The lowest BCUT2D eigenvalue weighted by Crippen LogP contribution is -2.51. The van der Waals surface area contributed by atoms with Crippen molar-refractivity contribution in [1.29, 1.82) is 0 Å². The van der Waals surface area contributed by atoms with Gasteiger partial charge in [-0.3, -0.25) is 0 Å². The number of anilines is 1. The van der Waals surface area contributed by atoms with Crippen molar-refractivity contribution in [3.63, 3.8) is 0 Å². The van der Waals surface area contributed by atoms with Crippen LogP contribution in [0.2, 0.25) is 0 Å². The van der Waals surface area contributed by atoms with E-state index in [1.54, 1.807) is 18.5 Å². The average molecular weight is 729 g/mol. The number of benzene rings is 2. The van der Waals surface area contributed by atoms with E-state index in [1.807, 2.05) is 68.6 Å². The van der Waals surface area contributed by atoms with Crippen LogP contribution in [0.1, 0.15) is 36.4 Å². The van der Waals surface area contributed by atoms with Gasteiger partial charge in [0.05, 0.1) is 83.5 Å². The second-order valence-corrected chi connectivity index (χ2v) is 13.5. The number of fused-ring (bicyclic) bond motifs is 2. The minimum Gasteiger partial charge on any atom is -0.393 e. The molecular formula is C39H47BF2N6O5. The summed E-state index contributed by atoms with van der Waals surface area (Å²) < 4.78 is 64.6. The Labute approximate surface area is 309 Å². The van der Waals surface area contributed by atoms with Crippen molar-refractivity contribution in [2.45, 2.75) is 27.7 Å². The van der Waals surface area contributed by atoms with Gasteiger partial charge in [-0.25, -0.2) is 4.68 Å². The Morgan fingerprint density at radius 3 is 1.79 bits per heavy atom. The number of allylic oxidation sites excluding steroid dienone is 2. The Morgan fingerprint density at radius 1 is 0.679 bits per heavy atom. The van der Waals surface area contributed by atoms with Crippen LogP contribution in [0.25, 0.3) is 22.5 Å². The largest absolute Gasteiger partial charge is 0.737 e. The first kappa shape index (κ1) is 36.9. The lowest BCUT2D eigenvalue weighted by molar-refractivity contribution is -0.363. The molecule has 11 nitrogen and oxygen atoms in total. The maximum atomic E-state index is 16.1. The second kappa shape index (κ2) is 16.3. The lowest BCUT2D eigenvalue weighted by atomic mass is 9.83. The summed E-state index contributed by atoms with van der Waals surface area (Å²) in [5.41, 5.74) is 9.05. The van der Waals surface area contributed by atoms with Gasteiger partial charge in [-0.2, -0.15) is 0 Å². The SMILES string of the molecule is CC1=CC(C)=[N+]2C1=C(c1ccc(-c3cn(-c4ccc(N5CCOCCOCCOCCOCCOCC5)cc4)nn3)cc1)c1c(C)cc(C)n1[B-]2(F)F. The molecule has 5 heterocycles. The van der Waals surface area contributed by atoms with E-state index in [-0.39, 0.29) is 0 Å². The zero-order valence-corrected chi connectivity index (χ0v) is 30.9. The first-order valence-electron chi connectivity index (χ1n) is 18.3. The smallest absolute Gasteiger partial charge is 0.393 e. The van der Waals surface area contributed by atoms with E-state index in [1.165, 1.54) is 8.96 Å². The predicted octanol–water partition coefficient (Wildman–Crippen LogP) is 5.68. The van der Waals surface area contributed by atoms with Crippen LogP contribution in [0.5, 0.6) is 0 Å². The van der Waals surface area contributed by atoms with Gasteiger partial charge in [0.1, 0.15) is 11.4 Å². The summed E-state index contributed by atoms with van der Waals surface area (Å²) in [7, 11) is 0. The molecule has 0 radical (unpaired) electrons. The molecule has 3 aliphatic rings. The normalized spacial score (nSPS) is 19.4. The number of halogens is 2. The van der Waals surface area contributed by atoms with E-state index in [0.29, 0.717) is 108 Å². The fraction of sp³-hybridized carbons (Fsp3) is 0.410. The highest BCUT2D eigenvalue weighted by Gasteiger charge is 2.55. The van der Waals surface area contributed by atoms with Crippen molar-refractivity contribution in [3.8, 4) is 16.9 Å². The molecule has 0 bridgehead atoms. The highest BCUT2D eigenvalue weighted by molar-refractivity contribution is 6.58. The molecule has 4 aromatic rings. The van der Waals surface area contributed by atoms with Crippen LogP contribution in [-0.2, 0) is 23.7 Å². The number of aromatic nitrogens is 4. The first-order chi connectivity index (χ1) is 25.7. The van der Waals surface area contributed by atoms with E-state index in [9.17, 15) is 0 Å². The van der Waals surface area contributed by atoms with Crippen LogP contribution in [0.15, 0.2) is 78.1 Å². The van der Waals surface area contributed by atoms with Crippen molar-refractivity contribution < 1.29 is 36.8 Å². The van der Waals surface area contributed by atoms with E-state index in [2.05, 4.69) is 27.3 Å². The summed E-state index contributed by atoms with van der Waals surface area (Å²) >= 11 is 0. The summed E-state index contributed by atoms with van der Waals surface area (Å²) in [5, 5.41) is 8.89. The molecule has 0 saturated carbocycles. The van der Waals surface area contributed by atoms with Crippen LogP contribution < -0.4 is 4.90 Å². The van der Waals surface area contributed by atoms with Gasteiger partial charge in [-0.05, 0) is 67.9 Å². The summed E-state index contributed by atoms with van der Waals surface area (Å²) in [6.45, 7) is 9.99. The van der Waals surface area contributed by atoms with Crippen LogP contribution in [0, 0.1) is 13.8 Å². The molecule has 0 N–H and O–H groups in total. The molecule has 1 fully saturated rings. The van der Waals surface area contributed by atoms with Crippen molar-refractivity contribution in [1.82, 2.24) is 19.5 Å². The molecule has 2 aromatic heterocycles. The topological polar surface area (TPSA) is 88.0 Å². The van der Waals surface area contributed by atoms with E-state index >= 15 is 8.63 Å². The van der Waals surface area contributed by atoms with Gasteiger partial charge < -0.3 is 46.2 Å². The molecule has 1 saturated heterocycles. The highest BCUT2D eigenvalue weighted by atomic mass is 19.2. The number of hydrogen-bond acceptors (Lipinski definition) is 8. The van der Waals surface area contributed by atoms with Crippen LogP contribution in [0.4, 0.5) is 14.3 Å². The number of hydrogen-bond donors (Lipinski definition) is 0. The predicted molar refractivity (Wildman–Crippen MR) is 201 cm³/mol. The van der Waals surface area contributed by atoms with E-state index in [0.717, 1.165) is 39.2 Å². The average Bonchev–Trinajstić information content (AvgIpc) is 3.84. The number of rotatable bonds is 4. The quantitative estimate of drug-likeness (QED) is 0.248.